The predicted octanol–water partition coefficient (Wildman–Crippen LogP) is 2.04. The summed E-state index contributed by atoms with van der Waals surface area (Å²) in [5, 5.41) is 3.28. The average molecular weight is 262 g/mol. The first-order valence-corrected chi connectivity index (χ1v) is 7.31. The molecule has 1 aliphatic heterocycles. The largest absolute Gasteiger partial charge is 0.370 e. The van der Waals surface area contributed by atoms with Crippen molar-refractivity contribution in [3.63, 3.8) is 0 Å². The lowest BCUT2D eigenvalue weighted by atomic mass is 10.2. The molecule has 1 unspecified atom stereocenters. The molecule has 0 spiro atoms. The van der Waals surface area contributed by atoms with E-state index in [1.807, 2.05) is 6.07 Å². The molecular formula is C15H26N4. The van der Waals surface area contributed by atoms with Crippen LogP contribution >= 0.6 is 0 Å². The van der Waals surface area contributed by atoms with Crippen molar-refractivity contribution in [1.29, 1.82) is 0 Å². The Morgan fingerprint density at radius 3 is 3.00 bits per heavy atom. The third-order valence-electron chi connectivity index (χ3n) is 3.71. The summed E-state index contributed by atoms with van der Waals surface area (Å²) >= 11 is 0. The second-order valence-electron chi connectivity index (χ2n) is 5.48. The molecule has 0 bridgehead atoms. The Kier molecular flexibility index (Phi) is 5.16. The van der Waals surface area contributed by atoms with Crippen LogP contribution in [0, 0.1) is 0 Å². The molecule has 19 heavy (non-hydrogen) atoms. The highest BCUT2D eigenvalue weighted by Gasteiger charge is 2.19. The van der Waals surface area contributed by atoms with E-state index in [1.165, 1.54) is 19.5 Å². The lowest BCUT2D eigenvalue weighted by Crippen LogP contribution is -2.37. The van der Waals surface area contributed by atoms with Crippen LogP contribution in [-0.2, 0) is 6.54 Å². The summed E-state index contributed by atoms with van der Waals surface area (Å²) in [6.45, 7) is 9.80. The van der Waals surface area contributed by atoms with Gasteiger partial charge in [0.1, 0.15) is 5.82 Å². The molecule has 1 aromatic heterocycles. The van der Waals surface area contributed by atoms with Gasteiger partial charge in [-0.2, -0.15) is 0 Å². The van der Waals surface area contributed by atoms with Gasteiger partial charge in [0, 0.05) is 32.2 Å². The smallest absolute Gasteiger partial charge is 0.126 e. The molecule has 4 nitrogen and oxygen atoms in total. The first kappa shape index (κ1) is 14.3. The fourth-order valence-electron chi connectivity index (χ4n) is 2.71. The summed E-state index contributed by atoms with van der Waals surface area (Å²) in [6, 6.07) is 6.85. The van der Waals surface area contributed by atoms with Crippen LogP contribution in [0.25, 0.3) is 0 Å². The number of nitrogens with one attached hydrogen (secondary N) is 1. The fraction of sp³-hybridized carbons (Fsp3) is 0.667. The van der Waals surface area contributed by atoms with Gasteiger partial charge >= 0.3 is 0 Å². The number of hydrogen-bond donors (Lipinski definition) is 1. The number of aromatic nitrogens is 1. The molecule has 1 aliphatic rings. The molecule has 2 heterocycles. The van der Waals surface area contributed by atoms with Crippen molar-refractivity contribution >= 4 is 5.82 Å². The lowest BCUT2D eigenvalue weighted by Gasteiger charge is -2.27. The second-order valence-corrected chi connectivity index (χ2v) is 5.48. The molecule has 0 amide bonds. The minimum Gasteiger partial charge on any atom is -0.370 e. The Morgan fingerprint density at radius 1 is 1.37 bits per heavy atom. The van der Waals surface area contributed by atoms with Crippen LogP contribution in [0.3, 0.4) is 0 Å². The minimum absolute atomic E-state index is 0.595. The molecule has 106 valence electrons. The van der Waals surface area contributed by atoms with E-state index in [-0.39, 0.29) is 0 Å². The molecule has 1 aromatic rings. The maximum absolute atomic E-state index is 4.67. The van der Waals surface area contributed by atoms with Gasteiger partial charge in [-0.3, -0.25) is 4.90 Å². The van der Waals surface area contributed by atoms with E-state index < -0.39 is 0 Å². The summed E-state index contributed by atoms with van der Waals surface area (Å²) < 4.78 is 0. The molecule has 1 N–H and O–H groups in total. The summed E-state index contributed by atoms with van der Waals surface area (Å²) in [7, 11) is 2.21. The molecule has 0 radical (unpaired) electrons. The third kappa shape index (κ3) is 4.18. The van der Waals surface area contributed by atoms with Crippen molar-refractivity contribution in [2.75, 3.05) is 38.5 Å². The zero-order valence-electron chi connectivity index (χ0n) is 12.4. The molecule has 0 aliphatic carbocycles. The summed E-state index contributed by atoms with van der Waals surface area (Å²) in [5.41, 5.74) is 1.16. The molecule has 2 rings (SSSR count). The molecule has 1 atom stereocenters. The van der Waals surface area contributed by atoms with Gasteiger partial charge in [-0.15, -0.1) is 0 Å². The van der Waals surface area contributed by atoms with Gasteiger partial charge in [0.2, 0.25) is 0 Å². The van der Waals surface area contributed by atoms with E-state index >= 15 is 0 Å². The maximum Gasteiger partial charge on any atom is 0.126 e. The standard InChI is InChI=1S/C15H26N4/c1-4-16-15-8-5-7-14(17-15)12-19-10-6-9-18(3)11-13(19)2/h5,7-8,13H,4,6,9-12H2,1-3H3,(H,16,17). The zero-order valence-corrected chi connectivity index (χ0v) is 12.4. The normalized spacial score (nSPS) is 22.2. The second kappa shape index (κ2) is 6.87. The first-order chi connectivity index (χ1) is 9.19. The number of nitrogens with zero attached hydrogens (tertiary/aromatic N) is 3. The Balaban J connectivity index is 2.01. The highest BCUT2D eigenvalue weighted by atomic mass is 15.2. The summed E-state index contributed by atoms with van der Waals surface area (Å²) in [6.07, 6.45) is 1.24. The van der Waals surface area contributed by atoms with Gasteiger partial charge in [-0.25, -0.2) is 4.98 Å². The van der Waals surface area contributed by atoms with Crippen LogP contribution < -0.4 is 5.32 Å². The quantitative estimate of drug-likeness (QED) is 0.900. The van der Waals surface area contributed by atoms with Crippen LogP contribution in [0.5, 0.6) is 0 Å². The van der Waals surface area contributed by atoms with E-state index in [4.69, 9.17) is 0 Å². The summed E-state index contributed by atoms with van der Waals surface area (Å²) in [5.74, 6) is 0.986. The number of likely N-dealkylation sites (N-methyl/N-ethyl adjacent to an activating group) is 1. The fourth-order valence-corrected chi connectivity index (χ4v) is 2.71. The van der Waals surface area contributed by atoms with E-state index in [0.29, 0.717) is 6.04 Å². The highest BCUT2D eigenvalue weighted by Crippen LogP contribution is 2.13. The Morgan fingerprint density at radius 2 is 2.21 bits per heavy atom. The number of rotatable bonds is 4. The van der Waals surface area contributed by atoms with Crippen LogP contribution in [-0.4, -0.2) is 54.1 Å². The van der Waals surface area contributed by atoms with E-state index in [2.05, 4.69) is 53.1 Å². The van der Waals surface area contributed by atoms with Gasteiger partial charge in [0.05, 0.1) is 5.69 Å². The van der Waals surface area contributed by atoms with Crippen LogP contribution in [0.4, 0.5) is 5.82 Å². The van der Waals surface area contributed by atoms with Gasteiger partial charge in [-0.05, 0) is 46.0 Å². The molecular weight excluding hydrogens is 236 g/mol. The number of anilines is 1. The van der Waals surface area contributed by atoms with Crippen LogP contribution in [0.15, 0.2) is 18.2 Å². The highest BCUT2D eigenvalue weighted by molar-refractivity contribution is 5.34. The van der Waals surface area contributed by atoms with Crippen molar-refractivity contribution in [3.05, 3.63) is 23.9 Å². The molecule has 1 saturated heterocycles. The topological polar surface area (TPSA) is 31.4 Å². The lowest BCUT2D eigenvalue weighted by molar-refractivity contribution is 0.192. The maximum atomic E-state index is 4.67. The van der Waals surface area contributed by atoms with Crippen molar-refractivity contribution in [2.45, 2.75) is 32.9 Å². The van der Waals surface area contributed by atoms with Crippen LogP contribution in [0.1, 0.15) is 26.0 Å². The average Bonchev–Trinajstić information content (AvgIpc) is 2.52. The Bertz CT molecular complexity index is 393. The zero-order chi connectivity index (χ0) is 13.7. The van der Waals surface area contributed by atoms with E-state index in [1.54, 1.807) is 0 Å². The molecule has 4 heteroatoms. The van der Waals surface area contributed by atoms with E-state index in [9.17, 15) is 0 Å². The minimum atomic E-state index is 0.595. The van der Waals surface area contributed by atoms with Crippen molar-refractivity contribution in [3.8, 4) is 0 Å². The van der Waals surface area contributed by atoms with Crippen LogP contribution in [0.2, 0.25) is 0 Å². The molecule has 0 saturated carbocycles. The van der Waals surface area contributed by atoms with E-state index in [0.717, 1.165) is 31.1 Å². The van der Waals surface area contributed by atoms with Gasteiger partial charge < -0.3 is 10.2 Å². The Hall–Kier alpha value is -1.13. The first-order valence-electron chi connectivity index (χ1n) is 7.31. The molecule has 0 aromatic carbocycles. The Labute approximate surface area is 116 Å². The molecule has 1 fully saturated rings. The number of pyridine rings is 1. The van der Waals surface area contributed by atoms with Gasteiger partial charge in [0.15, 0.2) is 0 Å². The van der Waals surface area contributed by atoms with Gasteiger partial charge in [0.25, 0.3) is 0 Å². The number of hydrogen-bond acceptors (Lipinski definition) is 4. The van der Waals surface area contributed by atoms with Crippen molar-refractivity contribution in [2.24, 2.45) is 0 Å². The monoisotopic (exact) mass is 262 g/mol. The predicted molar refractivity (Wildman–Crippen MR) is 80.4 cm³/mol. The summed E-state index contributed by atoms with van der Waals surface area (Å²) in [4.78, 5) is 9.64. The third-order valence-corrected chi connectivity index (χ3v) is 3.71. The SMILES string of the molecule is CCNc1cccc(CN2CCCN(C)CC2C)n1. The van der Waals surface area contributed by atoms with Crippen molar-refractivity contribution in [1.82, 2.24) is 14.8 Å². The van der Waals surface area contributed by atoms with Gasteiger partial charge in [-0.1, -0.05) is 6.07 Å². The van der Waals surface area contributed by atoms with Crippen molar-refractivity contribution < 1.29 is 0 Å².